The van der Waals surface area contributed by atoms with E-state index in [1.807, 2.05) is 29.2 Å². The third-order valence-corrected chi connectivity index (χ3v) is 6.12. The number of nitrogens with zero attached hydrogens (tertiary/aromatic N) is 3. The first-order chi connectivity index (χ1) is 15.3. The zero-order valence-electron chi connectivity index (χ0n) is 19.6. The Hall–Kier alpha value is -2.86. The van der Waals surface area contributed by atoms with Crippen LogP contribution in [0.1, 0.15) is 39.2 Å². The zero-order chi connectivity index (χ0) is 22.7. The molecule has 6 heteroatoms. The lowest BCUT2D eigenvalue weighted by Gasteiger charge is -2.32. The number of H-pyrrole nitrogens is 1. The monoisotopic (exact) mass is 434 g/mol. The van der Waals surface area contributed by atoms with Gasteiger partial charge in [0.1, 0.15) is 11.6 Å². The molecule has 0 radical (unpaired) electrons. The summed E-state index contributed by atoms with van der Waals surface area (Å²) in [6.07, 6.45) is 1.25. The quantitative estimate of drug-likeness (QED) is 0.582. The Morgan fingerprint density at radius 2 is 1.88 bits per heavy atom. The fourth-order valence-corrected chi connectivity index (χ4v) is 3.97. The number of fused-ring (bicyclic) bond motifs is 1. The van der Waals surface area contributed by atoms with Crippen molar-refractivity contribution in [2.45, 2.75) is 39.0 Å². The topological polar surface area (TPSA) is 61.5 Å². The van der Waals surface area contributed by atoms with Gasteiger partial charge in [0.05, 0.1) is 17.6 Å². The van der Waals surface area contributed by atoms with Gasteiger partial charge in [-0.15, -0.1) is 0 Å². The Morgan fingerprint density at radius 3 is 2.62 bits per heavy atom. The third kappa shape index (κ3) is 5.30. The summed E-state index contributed by atoms with van der Waals surface area (Å²) >= 11 is 0. The molecule has 0 spiro atoms. The van der Waals surface area contributed by atoms with Crippen LogP contribution in [0.5, 0.6) is 5.75 Å². The molecule has 2 heterocycles. The first-order valence-corrected chi connectivity index (χ1v) is 11.5. The number of ether oxygens (including phenoxy) is 1. The van der Waals surface area contributed by atoms with Gasteiger partial charge >= 0.3 is 0 Å². The van der Waals surface area contributed by atoms with Gasteiger partial charge in [-0.25, -0.2) is 4.98 Å². The summed E-state index contributed by atoms with van der Waals surface area (Å²) in [6.45, 7) is 10.7. The highest BCUT2D eigenvalue weighted by Gasteiger charge is 2.18. The fourth-order valence-electron chi connectivity index (χ4n) is 3.97. The number of hydrogen-bond donors (Lipinski definition) is 1. The van der Waals surface area contributed by atoms with Gasteiger partial charge in [-0.3, -0.25) is 4.79 Å². The van der Waals surface area contributed by atoms with E-state index in [0.29, 0.717) is 13.0 Å². The second-order valence-corrected chi connectivity index (χ2v) is 9.73. The van der Waals surface area contributed by atoms with Crippen LogP contribution in [0.2, 0.25) is 0 Å². The average Bonchev–Trinajstić information content (AvgIpc) is 3.20. The standard InChI is InChI=1S/C26H34N4O2/c1-26(2,3)20-10-11-22-23(18-20)28-25(27-22)19-7-5-8-21(17-19)32-16-6-9-24(31)30-14-12-29(4)13-15-30/h5,7-8,10-11,17-18H,6,9,12-16H2,1-4H3,(H,27,28). The van der Waals surface area contributed by atoms with E-state index in [0.717, 1.165) is 60.8 Å². The van der Waals surface area contributed by atoms with Gasteiger partial charge in [0.15, 0.2) is 0 Å². The number of aromatic nitrogens is 2. The molecule has 1 aromatic heterocycles. The lowest BCUT2D eigenvalue weighted by molar-refractivity contribution is -0.133. The molecule has 6 nitrogen and oxygen atoms in total. The first kappa shape index (κ1) is 22.3. The maximum Gasteiger partial charge on any atom is 0.222 e. The smallest absolute Gasteiger partial charge is 0.222 e. The van der Waals surface area contributed by atoms with Gasteiger partial charge in [0, 0.05) is 38.2 Å². The molecule has 1 fully saturated rings. The van der Waals surface area contributed by atoms with Crippen LogP contribution in [0.15, 0.2) is 42.5 Å². The van der Waals surface area contributed by atoms with Crippen molar-refractivity contribution in [3.63, 3.8) is 0 Å². The van der Waals surface area contributed by atoms with Gasteiger partial charge in [-0.1, -0.05) is 39.0 Å². The van der Waals surface area contributed by atoms with Gasteiger partial charge in [-0.2, -0.15) is 0 Å². The molecule has 0 saturated carbocycles. The summed E-state index contributed by atoms with van der Waals surface area (Å²) in [5.41, 5.74) is 4.37. The van der Waals surface area contributed by atoms with Crippen LogP contribution >= 0.6 is 0 Å². The highest BCUT2D eigenvalue weighted by molar-refractivity contribution is 5.80. The van der Waals surface area contributed by atoms with Crippen molar-refractivity contribution < 1.29 is 9.53 Å². The second kappa shape index (κ2) is 9.33. The Morgan fingerprint density at radius 1 is 1.09 bits per heavy atom. The zero-order valence-corrected chi connectivity index (χ0v) is 19.6. The summed E-state index contributed by atoms with van der Waals surface area (Å²) in [6, 6.07) is 14.4. The number of carbonyl (C=O) groups is 1. The molecule has 1 aliphatic heterocycles. The van der Waals surface area contributed by atoms with E-state index < -0.39 is 0 Å². The molecule has 2 aromatic carbocycles. The maximum atomic E-state index is 12.4. The molecule has 170 valence electrons. The highest BCUT2D eigenvalue weighted by atomic mass is 16.5. The predicted molar refractivity (Wildman–Crippen MR) is 129 cm³/mol. The summed E-state index contributed by atoms with van der Waals surface area (Å²) in [5, 5.41) is 0. The second-order valence-electron chi connectivity index (χ2n) is 9.73. The van der Waals surface area contributed by atoms with Crippen LogP contribution in [-0.4, -0.2) is 65.5 Å². The normalized spacial score (nSPS) is 15.3. The minimum atomic E-state index is 0.0962. The molecule has 1 N–H and O–H groups in total. The predicted octanol–water partition coefficient (Wildman–Crippen LogP) is 4.46. The van der Waals surface area contributed by atoms with Crippen molar-refractivity contribution in [1.82, 2.24) is 19.8 Å². The maximum absolute atomic E-state index is 12.4. The van der Waals surface area contributed by atoms with Crippen LogP contribution in [0.25, 0.3) is 22.4 Å². The number of imidazole rings is 1. The summed E-state index contributed by atoms with van der Waals surface area (Å²) in [4.78, 5) is 24.8. The molecule has 0 bridgehead atoms. The number of piperazine rings is 1. The molecule has 1 amide bonds. The summed E-state index contributed by atoms with van der Waals surface area (Å²) < 4.78 is 5.94. The Balaban J connectivity index is 1.35. The average molecular weight is 435 g/mol. The highest BCUT2D eigenvalue weighted by Crippen LogP contribution is 2.28. The molecular weight excluding hydrogens is 400 g/mol. The molecule has 0 unspecified atom stereocenters. The van der Waals surface area contributed by atoms with Gasteiger partial charge in [0.25, 0.3) is 0 Å². The lowest BCUT2D eigenvalue weighted by atomic mass is 9.87. The van der Waals surface area contributed by atoms with Gasteiger partial charge < -0.3 is 19.5 Å². The number of carbonyl (C=O) groups excluding carboxylic acids is 1. The number of rotatable bonds is 6. The van der Waals surface area contributed by atoms with E-state index in [4.69, 9.17) is 9.72 Å². The van der Waals surface area contributed by atoms with Crippen LogP contribution < -0.4 is 4.74 Å². The third-order valence-electron chi connectivity index (χ3n) is 6.12. The number of benzene rings is 2. The van der Waals surface area contributed by atoms with E-state index in [9.17, 15) is 4.79 Å². The van der Waals surface area contributed by atoms with Crippen molar-refractivity contribution in [2.75, 3.05) is 39.8 Å². The lowest BCUT2D eigenvalue weighted by Crippen LogP contribution is -2.47. The van der Waals surface area contributed by atoms with Crippen LogP contribution in [0.3, 0.4) is 0 Å². The molecule has 0 aliphatic carbocycles. The Labute approximate surface area is 190 Å². The first-order valence-electron chi connectivity index (χ1n) is 11.5. The molecular formula is C26H34N4O2. The minimum Gasteiger partial charge on any atom is -0.494 e. The fraction of sp³-hybridized carbons (Fsp3) is 0.462. The van der Waals surface area contributed by atoms with Crippen LogP contribution in [-0.2, 0) is 10.2 Å². The van der Waals surface area contributed by atoms with E-state index in [1.165, 1.54) is 5.56 Å². The van der Waals surface area contributed by atoms with Crippen LogP contribution in [0, 0.1) is 0 Å². The van der Waals surface area contributed by atoms with Crippen molar-refractivity contribution in [3.8, 4) is 17.1 Å². The molecule has 32 heavy (non-hydrogen) atoms. The summed E-state index contributed by atoms with van der Waals surface area (Å²) in [5.74, 6) is 1.86. The largest absolute Gasteiger partial charge is 0.494 e. The van der Waals surface area contributed by atoms with Crippen LogP contribution in [0.4, 0.5) is 0 Å². The number of amides is 1. The van der Waals surface area contributed by atoms with Gasteiger partial charge in [-0.05, 0) is 48.7 Å². The summed E-state index contributed by atoms with van der Waals surface area (Å²) in [7, 11) is 2.10. The number of aromatic amines is 1. The Bertz CT molecular complexity index is 1070. The number of likely N-dealkylation sites (N-methyl/N-ethyl adjacent to an activating group) is 1. The molecule has 3 aromatic rings. The van der Waals surface area contributed by atoms with Crippen molar-refractivity contribution in [2.24, 2.45) is 0 Å². The number of hydrogen-bond acceptors (Lipinski definition) is 4. The SMILES string of the molecule is CN1CCN(C(=O)CCCOc2cccc(-c3nc4ccc(C(C)(C)C)cc4[nH]3)c2)CC1. The van der Waals surface area contributed by atoms with E-state index >= 15 is 0 Å². The van der Waals surface area contributed by atoms with E-state index in [1.54, 1.807) is 0 Å². The van der Waals surface area contributed by atoms with Crippen molar-refractivity contribution >= 4 is 16.9 Å². The molecule has 1 aliphatic rings. The van der Waals surface area contributed by atoms with E-state index in [-0.39, 0.29) is 11.3 Å². The van der Waals surface area contributed by atoms with Crippen molar-refractivity contribution in [3.05, 3.63) is 48.0 Å². The molecule has 1 saturated heterocycles. The molecule has 0 atom stereocenters. The minimum absolute atomic E-state index is 0.0962. The number of nitrogens with one attached hydrogen (secondary N) is 1. The Kier molecular flexibility index (Phi) is 6.51. The van der Waals surface area contributed by atoms with Crippen molar-refractivity contribution in [1.29, 1.82) is 0 Å². The van der Waals surface area contributed by atoms with Gasteiger partial charge in [0.2, 0.25) is 5.91 Å². The molecule has 4 rings (SSSR count). The van der Waals surface area contributed by atoms with E-state index in [2.05, 4.69) is 55.9 Å².